The molecule has 0 atom stereocenters. The topological polar surface area (TPSA) is 111 Å². The molecule has 0 aliphatic carbocycles. The first-order chi connectivity index (χ1) is 11.5. The smallest absolute Gasteiger partial charge is 0.381 e. The van der Waals surface area contributed by atoms with Gasteiger partial charge in [0, 0.05) is 39.0 Å². The van der Waals surface area contributed by atoms with E-state index in [0.29, 0.717) is 25.5 Å². The highest BCUT2D eigenvalue weighted by molar-refractivity contribution is 5.75. The Bertz CT molecular complexity index is 575. The summed E-state index contributed by atoms with van der Waals surface area (Å²) < 4.78 is 6.96. The van der Waals surface area contributed by atoms with E-state index in [-0.39, 0.29) is 23.6 Å². The second-order valence-electron chi connectivity index (χ2n) is 6.31. The molecule has 9 heteroatoms. The minimum atomic E-state index is -0.533. The number of methoxy groups -OCH3 is 1. The fraction of sp³-hybridized carbons (Fsp3) is 0.733. The lowest BCUT2D eigenvalue weighted by molar-refractivity contribution is -0.389. The van der Waals surface area contributed by atoms with E-state index in [1.807, 2.05) is 0 Å². The molecule has 2 N–H and O–H groups in total. The Balaban J connectivity index is 1.83. The van der Waals surface area contributed by atoms with Crippen LogP contribution in [0, 0.1) is 22.5 Å². The van der Waals surface area contributed by atoms with Gasteiger partial charge < -0.3 is 30.1 Å². The zero-order valence-corrected chi connectivity index (χ0v) is 14.2. The molecule has 1 saturated heterocycles. The Morgan fingerprint density at radius 2 is 2.25 bits per heavy atom. The molecule has 0 spiro atoms. The summed E-state index contributed by atoms with van der Waals surface area (Å²) in [5.41, 5.74) is -0.0145. The second-order valence-corrected chi connectivity index (χ2v) is 6.31. The number of ether oxygens (including phenoxy) is 1. The lowest BCUT2D eigenvalue weighted by Gasteiger charge is -2.37. The summed E-state index contributed by atoms with van der Waals surface area (Å²) in [6.07, 6.45) is 3.55. The molecule has 134 valence electrons. The van der Waals surface area contributed by atoms with Crippen molar-refractivity contribution in [2.24, 2.45) is 5.41 Å². The van der Waals surface area contributed by atoms with Crippen LogP contribution in [-0.4, -0.2) is 53.7 Å². The molecule has 0 saturated carbocycles. The molecule has 2 heterocycles. The molecular weight excluding hydrogens is 314 g/mol. The van der Waals surface area contributed by atoms with Crippen LogP contribution in [-0.2, 0) is 16.1 Å². The SMILES string of the molecule is COCC1(CNC(=O)CCn2cc([N+](=O)[O-])nc2C)CCNCC1. The molecule has 2 rings (SSSR count). The third kappa shape index (κ3) is 4.75. The monoisotopic (exact) mass is 339 g/mol. The molecule has 0 bridgehead atoms. The van der Waals surface area contributed by atoms with Crippen molar-refractivity contribution < 1.29 is 14.5 Å². The Morgan fingerprint density at radius 1 is 1.54 bits per heavy atom. The van der Waals surface area contributed by atoms with E-state index in [0.717, 1.165) is 25.9 Å². The molecule has 1 aliphatic rings. The summed E-state index contributed by atoms with van der Waals surface area (Å²) in [6.45, 7) is 5.13. The highest BCUT2D eigenvalue weighted by atomic mass is 16.6. The van der Waals surface area contributed by atoms with Crippen LogP contribution in [0.2, 0.25) is 0 Å². The number of carbonyl (C=O) groups is 1. The lowest BCUT2D eigenvalue weighted by atomic mass is 9.79. The fourth-order valence-electron chi connectivity index (χ4n) is 3.04. The van der Waals surface area contributed by atoms with Gasteiger partial charge in [-0.1, -0.05) is 0 Å². The Morgan fingerprint density at radius 3 is 2.83 bits per heavy atom. The first-order valence-corrected chi connectivity index (χ1v) is 8.10. The van der Waals surface area contributed by atoms with Crippen molar-refractivity contribution in [2.75, 3.05) is 33.4 Å². The fourth-order valence-corrected chi connectivity index (χ4v) is 3.04. The maximum absolute atomic E-state index is 12.1. The van der Waals surface area contributed by atoms with Crippen molar-refractivity contribution in [1.29, 1.82) is 0 Å². The maximum atomic E-state index is 12.1. The number of aryl methyl sites for hydroxylation is 2. The number of piperidine rings is 1. The maximum Gasteiger partial charge on any atom is 0.381 e. The highest BCUT2D eigenvalue weighted by Gasteiger charge is 2.32. The molecule has 1 aliphatic heterocycles. The van der Waals surface area contributed by atoms with E-state index in [4.69, 9.17) is 4.74 Å². The number of nitro groups is 1. The van der Waals surface area contributed by atoms with E-state index in [1.165, 1.54) is 6.20 Å². The standard InChI is InChI=1S/C15H25N5O4/c1-12-18-13(20(22)23)9-19(12)8-3-14(21)17-10-15(11-24-2)4-6-16-7-5-15/h9,16H,3-8,10-11H2,1-2H3,(H,17,21). The average molecular weight is 339 g/mol. The molecular formula is C15H25N5O4. The molecule has 1 fully saturated rings. The first-order valence-electron chi connectivity index (χ1n) is 8.10. The summed E-state index contributed by atoms with van der Waals surface area (Å²) in [5, 5.41) is 17.0. The molecule has 24 heavy (non-hydrogen) atoms. The number of rotatable bonds is 8. The quantitative estimate of drug-likeness (QED) is 0.530. The van der Waals surface area contributed by atoms with Crippen molar-refractivity contribution in [2.45, 2.75) is 32.7 Å². The number of nitrogens with zero attached hydrogens (tertiary/aromatic N) is 3. The summed E-state index contributed by atoms with van der Waals surface area (Å²) in [4.78, 5) is 26.2. The highest BCUT2D eigenvalue weighted by Crippen LogP contribution is 2.28. The Hall–Kier alpha value is -2.00. The van der Waals surface area contributed by atoms with E-state index < -0.39 is 4.92 Å². The van der Waals surface area contributed by atoms with Crippen molar-refractivity contribution >= 4 is 11.7 Å². The van der Waals surface area contributed by atoms with Gasteiger partial charge >= 0.3 is 5.82 Å². The summed E-state index contributed by atoms with van der Waals surface area (Å²) >= 11 is 0. The number of amides is 1. The Labute approximate surface area is 140 Å². The molecule has 0 radical (unpaired) electrons. The van der Waals surface area contributed by atoms with Crippen LogP contribution >= 0.6 is 0 Å². The van der Waals surface area contributed by atoms with E-state index in [9.17, 15) is 14.9 Å². The van der Waals surface area contributed by atoms with Crippen LogP contribution in [0.1, 0.15) is 25.1 Å². The van der Waals surface area contributed by atoms with Gasteiger partial charge in [-0.05, 0) is 35.8 Å². The summed E-state index contributed by atoms with van der Waals surface area (Å²) in [7, 11) is 1.68. The van der Waals surface area contributed by atoms with Crippen molar-refractivity contribution in [1.82, 2.24) is 20.2 Å². The van der Waals surface area contributed by atoms with Gasteiger partial charge in [-0.15, -0.1) is 0 Å². The average Bonchev–Trinajstić information content (AvgIpc) is 2.94. The van der Waals surface area contributed by atoms with Gasteiger partial charge in [0.1, 0.15) is 6.20 Å². The van der Waals surface area contributed by atoms with Gasteiger partial charge in [-0.3, -0.25) is 4.79 Å². The molecule has 0 aromatic carbocycles. The van der Waals surface area contributed by atoms with Gasteiger partial charge in [-0.2, -0.15) is 0 Å². The zero-order chi connectivity index (χ0) is 17.6. The third-order valence-electron chi connectivity index (χ3n) is 4.51. The molecule has 9 nitrogen and oxygen atoms in total. The van der Waals surface area contributed by atoms with Crippen LogP contribution in [0.5, 0.6) is 0 Å². The predicted molar refractivity (Wildman–Crippen MR) is 87.7 cm³/mol. The van der Waals surface area contributed by atoms with Crippen LogP contribution in [0.15, 0.2) is 6.20 Å². The number of imidazole rings is 1. The van der Waals surface area contributed by atoms with Crippen LogP contribution in [0.3, 0.4) is 0 Å². The van der Waals surface area contributed by atoms with Gasteiger partial charge in [0.2, 0.25) is 11.7 Å². The molecule has 0 unspecified atom stereocenters. The van der Waals surface area contributed by atoms with Gasteiger partial charge in [0.05, 0.1) is 6.61 Å². The number of aromatic nitrogens is 2. The van der Waals surface area contributed by atoms with Gasteiger partial charge in [0.25, 0.3) is 0 Å². The minimum Gasteiger partial charge on any atom is -0.384 e. The van der Waals surface area contributed by atoms with Crippen molar-refractivity contribution in [3.8, 4) is 0 Å². The predicted octanol–water partition coefficient (Wildman–Crippen LogP) is 0.622. The number of nitrogens with one attached hydrogen (secondary N) is 2. The van der Waals surface area contributed by atoms with Gasteiger partial charge in [-0.25, -0.2) is 0 Å². The Kier molecular flexibility index (Phi) is 6.27. The van der Waals surface area contributed by atoms with E-state index in [1.54, 1.807) is 18.6 Å². The molecule has 1 amide bonds. The second kappa shape index (κ2) is 8.20. The summed E-state index contributed by atoms with van der Waals surface area (Å²) in [5.74, 6) is 0.269. The van der Waals surface area contributed by atoms with Crippen molar-refractivity contribution in [3.63, 3.8) is 0 Å². The minimum absolute atomic E-state index is 0.0145. The first kappa shape index (κ1) is 18.3. The number of hydrogen-bond donors (Lipinski definition) is 2. The van der Waals surface area contributed by atoms with E-state index >= 15 is 0 Å². The van der Waals surface area contributed by atoms with Crippen molar-refractivity contribution in [3.05, 3.63) is 22.1 Å². The summed E-state index contributed by atoms with van der Waals surface area (Å²) in [6, 6.07) is 0. The van der Waals surface area contributed by atoms with E-state index in [2.05, 4.69) is 15.6 Å². The number of carbonyl (C=O) groups excluding carboxylic acids is 1. The zero-order valence-electron chi connectivity index (χ0n) is 14.2. The largest absolute Gasteiger partial charge is 0.384 e. The van der Waals surface area contributed by atoms with Crippen LogP contribution in [0.4, 0.5) is 5.82 Å². The normalized spacial score (nSPS) is 16.8. The third-order valence-corrected chi connectivity index (χ3v) is 4.51. The lowest BCUT2D eigenvalue weighted by Crippen LogP contribution is -2.47. The van der Waals surface area contributed by atoms with Crippen LogP contribution in [0.25, 0.3) is 0 Å². The molecule has 1 aromatic rings. The molecule has 1 aromatic heterocycles. The van der Waals surface area contributed by atoms with Gasteiger partial charge in [0.15, 0.2) is 0 Å². The number of hydrogen-bond acceptors (Lipinski definition) is 6. The van der Waals surface area contributed by atoms with Crippen LogP contribution < -0.4 is 10.6 Å².